The summed E-state index contributed by atoms with van der Waals surface area (Å²) < 4.78 is 10.8. The van der Waals surface area contributed by atoms with Crippen LogP contribution < -0.4 is 9.64 Å². The summed E-state index contributed by atoms with van der Waals surface area (Å²) in [6, 6.07) is 16.1. The molecule has 4 rings (SSSR count). The van der Waals surface area contributed by atoms with E-state index in [1.165, 1.54) is 5.56 Å². The number of rotatable bonds is 6. The number of methoxy groups -OCH3 is 1. The molecule has 1 unspecified atom stereocenters. The van der Waals surface area contributed by atoms with Gasteiger partial charge in [0.15, 0.2) is 5.82 Å². The normalized spacial score (nSPS) is 15.2. The molecule has 3 heterocycles. The average Bonchev–Trinajstić information content (AvgIpc) is 2.81. The van der Waals surface area contributed by atoms with Gasteiger partial charge in [0.05, 0.1) is 31.3 Å². The van der Waals surface area contributed by atoms with E-state index >= 15 is 0 Å². The molecular weight excluding hydrogens is 384 g/mol. The van der Waals surface area contributed by atoms with Gasteiger partial charge in [-0.2, -0.15) is 11.8 Å². The van der Waals surface area contributed by atoms with E-state index in [9.17, 15) is 0 Å². The Balaban J connectivity index is 1.77. The van der Waals surface area contributed by atoms with E-state index in [-0.39, 0.29) is 5.25 Å². The molecule has 3 aromatic rings. The number of anilines is 1. The summed E-state index contributed by atoms with van der Waals surface area (Å²) in [5.41, 5.74) is 2.93. The van der Waals surface area contributed by atoms with Crippen LogP contribution in [0.1, 0.15) is 16.5 Å². The van der Waals surface area contributed by atoms with Gasteiger partial charge in [0.25, 0.3) is 0 Å². The summed E-state index contributed by atoms with van der Waals surface area (Å²) >= 11 is 1.75. The molecule has 0 bridgehead atoms. The predicted octanol–water partition coefficient (Wildman–Crippen LogP) is 3.84. The lowest BCUT2D eigenvalue weighted by Gasteiger charge is -2.29. The minimum atomic E-state index is 0.0890. The van der Waals surface area contributed by atoms with Gasteiger partial charge < -0.3 is 14.4 Å². The maximum absolute atomic E-state index is 5.51. The summed E-state index contributed by atoms with van der Waals surface area (Å²) in [7, 11) is 1.68. The molecule has 1 fully saturated rings. The van der Waals surface area contributed by atoms with Crippen molar-refractivity contribution in [3.63, 3.8) is 0 Å². The number of pyridine rings is 1. The molecule has 1 aromatic carbocycles. The van der Waals surface area contributed by atoms with E-state index < -0.39 is 0 Å². The van der Waals surface area contributed by atoms with E-state index in [4.69, 9.17) is 19.4 Å². The average molecular weight is 409 g/mol. The van der Waals surface area contributed by atoms with Gasteiger partial charge in [0.2, 0.25) is 0 Å². The zero-order valence-corrected chi connectivity index (χ0v) is 17.4. The number of morpholine rings is 1. The van der Waals surface area contributed by atoms with Gasteiger partial charge in [-0.25, -0.2) is 9.97 Å². The Kier molecular flexibility index (Phi) is 6.27. The zero-order chi connectivity index (χ0) is 20.1. The summed E-state index contributed by atoms with van der Waals surface area (Å²) in [6.45, 7) is 3.07. The van der Waals surface area contributed by atoms with Crippen molar-refractivity contribution >= 4 is 17.6 Å². The fourth-order valence-electron chi connectivity index (χ4n) is 3.36. The molecule has 0 saturated carbocycles. The highest BCUT2D eigenvalue weighted by molar-refractivity contribution is 7.99. The van der Waals surface area contributed by atoms with Gasteiger partial charge in [-0.1, -0.05) is 18.2 Å². The zero-order valence-electron chi connectivity index (χ0n) is 16.6. The summed E-state index contributed by atoms with van der Waals surface area (Å²) in [5.74, 6) is 2.42. The van der Waals surface area contributed by atoms with Crippen LogP contribution in [0.3, 0.4) is 0 Å². The Bertz CT molecular complexity index is 931. The summed E-state index contributed by atoms with van der Waals surface area (Å²) in [6.07, 6.45) is 3.88. The van der Waals surface area contributed by atoms with Gasteiger partial charge in [-0.3, -0.25) is 4.98 Å². The van der Waals surface area contributed by atoms with Crippen LogP contribution >= 0.6 is 11.8 Å². The van der Waals surface area contributed by atoms with Crippen LogP contribution in [-0.2, 0) is 4.74 Å². The molecule has 6 nitrogen and oxygen atoms in total. The van der Waals surface area contributed by atoms with Gasteiger partial charge in [-0.05, 0) is 36.1 Å². The van der Waals surface area contributed by atoms with Crippen LogP contribution in [0.15, 0.2) is 54.7 Å². The third-order valence-corrected chi connectivity index (χ3v) is 5.87. The van der Waals surface area contributed by atoms with Crippen LogP contribution in [0.5, 0.6) is 5.75 Å². The first kappa shape index (κ1) is 19.7. The molecule has 0 radical (unpaired) electrons. The Morgan fingerprint density at radius 2 is 1.86 bits per heavy atom. The van der Waals surface area contributed by atoms with E-state index in [0.717, 1.165) is 36.0 Å². The van der Waals surface area contributed by atoms with E-state index in [2.05, 4.69) is 34.3 Å². The maximum Gasteiger partial charge on any atom is 0.180 e. The smallest absolute Gasteiger partial charge is 0.180 e. The van der Waals surface area contributed by atoms with E-state index in [1.807, 2.05) is 30.3 Å². The van der Waals surface area contributed by atoms with Crippen LogP contribution in [0, 0.1) is 0 Å². The second kappa shape index (κ2) is 9.24. The second-order valence-electron chi connectivity index (χ2n) is 6.68. The molecule has 7 heteroatoms. The second-order valence-corrected chi connectivity index (χ2v) is 7.62. The molecule has 29 heavy (non-hydrogen) atoms. The summed E-state index contributed by atoms with van der Waals surface area (Å²) in [5, 5.41) is 0.0890. The Morgan fingerprint density at radius 3 is 2.52 bits per heavy atom. The van der Waals surface area contributed by atoms with Crippen molar-refractivity contribution in [3.8, 4) is 17.3 Å². The van der Waals surface area contributed by atoms with Crippen molar-refractivity contribution in [2.75, 3.05) is 44.6 Å². The molecule has 0 amide bonds. The highest BCUT2D eigenvalue weighted by Crippen LogP contribution is 2.35. The standard InChI is InChI=1S/C22H24N4O2S/c1-27-17-8-6-16(7-9-17)21(29-2)19-15-20(26-11-13-28-14-12-26)25-22(24-19)18-5-3-4-10-23-18/h3-10,15,21H,11-14H2,1-2H3. The molecule has 1 saturated heterocycles. The summed E-state index contributed by atoms with van der Waals surface area (Å²) in [4.78, 5) is 16.5. The van der Waals surface area contributed by atoms with Gasteiger partial charge >= 0.3 is 0 Å². The van der Waals surface area contributed by atoms with Crippen LogP contribution in [0.4, 0.5) is 5.82 Å². The Hall–Kier alpha value is -2.64. The monoisotopic (exact) mass is 408 g/mol. The fraction of sp³-hybridized carbons (Fsp3) is 0.318. The number of benzene rings is 1. The van der Waals surface area contributed by atoms with E-state index in [1.54, 1.807) is 25.1 Å². The molecule has 0 aliphatic carbocycles. The van der Waals surface area contributed by atoms with E-state index in [0.29, 0.717) is 19.0 Å². The molecule has 150 valence electrons. The largest absolute Gasteiger partial charge is 0.497 e. The lowest BCUT2D eigenvalue weighted by atomic mass is 10.1. The molecule has 0 spiro atoms. The van der Waals surface area contributed by atoms with Crippen molar-refractivity contribution in [3.05, 3.63) is 66.0 Å². The van der Waals surface area contributed by atoms with Crippen molar-refractivity contribution < 1.29 is 9.47 Å². The highest BCUT2D eigenvalue weighted by Gasteiger charge is 2.21. The molecule has 1 aliphatic rings. The lowest BCUT2D eigenvalue weighted by molar-refractivity contribution is 0.122. The van der Waals surface area contributed by atoms with Gasteiger partial charge in [0.1, 0.15) is 17.3 Å². The molecule has 0 N–H and O–H groups in total. The molecule has 1 aliphatic heterocycles. The Labute approximate surface area is 175 Å². The number of nitrogens with zero attached hydrogens (tertiary/aromatic N) is 4. The molecular formula is C22H24N4O2S. The van der Waals surface area contributed by atoms with Gasteiger partial charge in [-0.15, -0.1) is 0 Å². The SMILES string of the molecule is COc1ccc(C(SC)c2cc(N3CCOCC3)nc(-c3ccccn3)n2)cc1. The first-order valence-electron chi connectivity index (χ1n) is 9.58. The number of hydrogen-bond donors (Lipinski definition) is 0. The Morgan fingerprint density at radius 1 is 1.07 bits per heavy atom. The topological polar surface area (TPSA) is 60.4 Å². The number of thioether (sulfide) groups is 1. The quantitative estimate of drug-likeness (QED) is 0.614. The predicted molar refractivity (Wildman–Crippen MR) is 117 cm³/mol. The minimum Gasteiger partial charge on any atom is -0.497 e. The number of hydrogen-bond acceptors (Lipinski definition) is 7. The fourth-order valence-corrected chi connectivity index (χ4v) is 4.15. The van der Waals surface area contributed by atoms with Crippen molar-refractivity contribution in [2.24, 2.45) is 0 Å². The lowest BCUT2D eigenvalue weighted by Crippen LogP contribution is -2.37. The first-order chi connectivity index (χ1) is 14.3. The molecule has 2 aromatic heterocycles. The van der Waals surface area contributed by atoms with Crippen LogP contribution in [-0.4, -0.2) is 54.6 Å². The van der Waals surface area contributed by atoms with Crippen molar-refractivity contribution in [2.45, 2.75) is 5.25 Å². The highest BCUT2D eigenvalue weighted by atomic mass is 32.2. The van der Waals surface area contributed by atoms with Crippen molar-refractivity contribution in [1.82, 2.24) is 15.0 Å². The van der Waals surface area contributed by atoms with Gasteiger partial charge in [0, 0.05) is 25.4 Å². The van der Waals surface area contributed by atoms with Crippen LogP contribution in [0.2, 0.25) is 0 Å². The molecule has 1 atom stereocenters. The van der Waals surface area contributed by atoms with Crippen molar-refractivity contribution in [1.29, 1.82) is 0 Å². The third-order valence-electron chi connectivity index (χ3n) is 4.88. The van der Waals surface area contributed by atoms with Crippen LogP contribution in [0.25, 0.3) is 11.5 Å². The third kappa shape index (κ3) is 4.52. The minimum absolute atomic E-state index is 0.0890. The number of aromatic nitrogens is 3. The number of ether oxygens (including phenoxy) is 2. The maximum atomic E-state index is 5.51. The first-order valence-corrected chi connectivity index (χ1v) is 10.9.